The van der Waals surface area contributed by atoms with Crippen LogP contribution in [-0.2, 0) is 11.2 Å². The van der Waals surface area contributed by atoms with E-state index >= 15 is 0 Å². The second kappa shape index (κ2) is 4.78. The smallest absolute Gasteiger partial charge is 0.373 e. The molecular weight excluding hydrogens is 186 g/mol. The predicted octanol–water partition coefficient (Wildman–Crippen LogP) is -0.0717. The minimum atomic E-state index is -0.647. The third-order valence-corrected chi connectivity index (χ3v) is 1.76. The first-order valence-electron chi connectivity index (χ1n) is 4.22. The van der Waals surface area contributed by atoms with Crippen molar-refractivity contribution in [1.82, 2.24) is 0 Å². The molecule has 0 aliphatic heterocycles. The van der Waals surface area contributed by atoms with Crippen molar-refractivity contribution in [2.45, 2.75) is 12.5 Å². The zero-order valence-electron chi connectivity index (χ0n) is 7.90. The minimum Gasteiger partial charge on any atom is -0.463 e. The average molecular weight is 199 g/mol. The third kappa shape index (κ3) is 2.58. The van der Waals surface area contributed by atoms with Gasteiger partial charge in [-0.1, -0.05) is 0 Å². The summed E-state index contributed by atoms with van der Waals surface area (Å²) in [6.07, 6.45) is -0.348. The summed E-state index contributed by atoms with van der Waals surface area (Å²) in [5, 5.41) is 9.22. The Labute approximate surface area is 81.5 Å². The number of carbonyl (C=O) groups is 1. The molecule has 5 nitrogen and oxygen atoms in total. The zero-order chi connectivity index (χ0) is 10.6. The number of hydrogen-bond acceptors (Lipinski definition) is 5. The van der Waals surface area contributed by atoms with E-state index in [0.717, 1.165) is 0 Å². The fraction of sp³-hybridized carbons (Fsp3) is 0.444. The number of aliphatic hydroxyl groups is 1. The van der Waals surface area contributed by atoms with E-state index in [9.17, 15) is 9.90 Å². The molecule has 0 fully saturated rings. The van der Waals surface area contributed by atoms with Gasteiger partial charge in [0.1, 0.15) is 5.76 Å². The highest BCUT2D eigenvalue weighted by atomic mass is 16.5. The summed E-state index contributed by atoms with van der Waals surface area (Å²) in [6.45, 7) is 0.161. The maximum absolute atomic E-state index is 11.0. The molecule has 0 aromatic carbocycles. The highest BCUT2D eigenvalue weighted by Crippen LogP contribution is 2.10. The molecule has 0 bridgehead atoms. The van der Waals surface area contributed by atoms with Gasteiger partial charge in [0.05, 0.1) is 13.2 Å². The number of rotatable bonds is 4. The highest BCUT2D eigenvalue weighted by molar-refractivity contribution is 5.86. The predicted molar refractivity (Wildman–Crippen MR) is 48.8 cm³/mol. The molecule has 1 unspecified atom stereocenters. The van der Waals surface area contributed by atoms with Gasteiger partial charge in [-0.05, 0) is 12.1 Å². The Morgan fingerprint density at radius 2 is 2.43 bits per heavy atom. The first-order valence-corrected chi connectivity index (χ1v) is 4.22. The van der Waals surface area contributed by atoms with Crippen molar-refractivity contribution in [3.05, 3.63) is 23.7 Å². The van der Waals surface area contributed by atoms with Crippen molar-refractivity contribution >= 4 is 5.97 Å². The van der Waals surface area contributed by atoms with E-state index in [1.54, 1.807) is 6.07 Å². The van der Waals surface area contributed by atoms with Crippen LogP contribution in [0.4, 0.5) is 0 Å². The van der Waals surface area contributed by atoms with Gasteiger partial charge in [-0.15, -0.1) is 0 Å². The molecule has 0 amide bonds. The Morgan fingerprint density at radius 1 is 1.71 bits per heavy atom. The van der Waals surface area contributed by atoms with Gasteiger partial charge in [-0.25, -0.2) is 4.79 Å². The fourth-order valence-corrected chi connectivity index (χ4v) is 1.01. The van der Waals surface area contributed by atoms with Crippen LogP contribution in [0.1, 0.15) is 16.3 Å². The van der Waals surface area contributed by atoms with Crippen LogP contribution < -0.4 is 5.73 Å². The molecule has 14 heavy (non-hydrogen) atoms. The largest absolute Gasteiger partial charge is 0.463 e. The second-order valence-electron chi connectivity index (χ2n) is 2.85. The van der Waals surface area contributed by atoms with Crippen molar-refractivity contribution in [2.75, 3.05) is 13.7 Å². The molecule has 0 saturated heterocycles. The SMILES string of the molecule is COC(=O)c1ccc(CC(O)CN)o1. The molecule has 0 saturated carbocycles. The maximum Gasteiger partial charge on any atom is 0.373 e. The normalized spacial score (nSPS) is 12.5. The quantitative estimate of drug-likeness (QED) is 0.663. The van der Waals surface area contributed by atoms with E-state index in [0.29, 0.717) is 12.2 Å². The summed E-state index contributed by atoms with van der Waals surface area (Å²) < 4.78 is 9.58. The molecule has 0 aliphatic carbocycles. The number of ether oxygens (including phenoxy) is 1. The number of esters is 1. The molecule has 1 rings (SSSR count). The summed E-state index contributed by atoms with van der Waals surface area (Å²) in [7, 11) is 1.28. The minimum absolute atomic E-state index is 0.131. The third-order valence-electron chi connectivity index (χ3n) is 1.76. The summed E-state index contributed by atoms with van der Waals surface area (Å²) >= 11 is 0. The van der Waals surface area contributed by atoms with Crippen molar-refractivity contribution in [1.29, 1.82) is 0 Å². The summed E-state index contributed by atoms with van der Waals surface area (Å²) in [6, 6.07) is 3.12. The average Bonchev–Trinajstić information content (AvgIpc) is 2.65. The van der Waals surface area contributed by atoms with Crippen LogP contribution in [0, 0.1) is 0 Å². The monoisotopic (exact) mass is 199 g/mol. The number of furan rings is 1. The van der Waals surface area contributed by atoms with Gasteiger partial charge >= 0.3 is 5.97 Å². The van der Waals surface area contributed by atoms with Crippen LogP contribution in [0.2, 0.25) is 0 Å². The summed E-state index contributed by atoms with van der Waals surface area (Å²) in [5.41, 5.74) is 5.23. The Kier molecular flexibility index (Phi) is 3.67. The molecule has 1 heterocycles. The highest BCUT2D eigenvalue weighted by Gasteiger charge is 2.12. The van der Waals surface area contributed by atoms with Crippen LogP contribution in [-0.4, -0.2) is 30.8 Å². The number of nitrogens with two attached hydrogens (primary N) is 1. The molecule has 78 valence electrons. The molecule has 1 atom stereocenters. The van der Waals surface area contributed by atoms with Crippen molar-refractivity contribution in [3.63, 3.8) is 0 Å². The van der Waals surface area contributed by atoms with Gasteiger partial charge in [0.15, 0.2) is 0 Å². The number of carbonyl (C=O) groups excluding carboxylic acids is 1. The Balaban J connectivity index is 2.63. The van der Waals surface area contributed by atoms with Crippen molar-refractivity contribution in [2.24, 2.45) is 5.73 Å². The van der Waals surface area contributed by atoms with Gasteiger partial charge in [0.25, 0.3) is 0 Å². The molecular formula is C9H13NO4. The standard InChI is InChI=1S/C9H13NO4/c1-13-9(12)8-3-2-7(14-8)4-6(11)5-10/h2-3,6,11H,4-5,10H2,1H3. The lowest BCUT2D eigenvalue weighted by Gasteiger charge is -2.03. The van der Waals surface area contributed by atoms with E-state index in [2.05, 4.69) is 4.74 Å². The van der Waals surface area contributed by atoms with Crippen LogP contribution in [0.3, 0.4) is 0 Å². The van der Waals surface area contributed by atoms with Gasteiger partial charge in [-0.2, -0.15) is 0 Å². The Morgan fingerprint density at radius 3 is 3.00 bits per heavy atom. The molecule has 1 aromatic rings. The van der Waals surface area contributed by atoms with Crippen LogP contribution >= 0.6 is 0 Å². The molecule has 3 N–H and O–H groups in total. The Bertz CT molecular complexity index is 308. The summed E-state index contributed by atoms with van der Waals surface area (Å²) in [4.78, 5) is 11.0. The lowest BCUT2D eigenvalue weighted by Crippen LogP contribution is -2.21. The van der Waals surface area contributed by atoms with Gasteiger partial charge in [0.2, 0.25) is 5.76 Å². The zero-order valence-corrected chi connectivity index (χ0v) is 7.90. The first kappa shape index (κ1) is 10.7. The van der Waals surface area contributed by atoms with E-state index in [4.69, 9.17) is 10.2 Å². The van der Waals surface area contributed by atoms with Crippen LogP contribution in [0.15, 0.2) is 16.5 Å². The van der Waals surface area contributed by atoms with Crippen molar-refractivity contribution in [3.8, 4) is 0 Å². The first-order chi connectivity index (χ1) is 6.67. The van der Waals surface area contributed by atoms with Crippen LogP contribution in [0.25, 0.3) is 0 Å². The molecule has 5 heteroatoms. The molecule has 0 spiro atoms. The molecule has 1 aromatic heterocycles. The van der Waals surface area contributed by atoms with Crippen LogP contribution in [0.5, 0.6) is 0 Å². The number of methoxy groups -OCH3 is 1. The van der Waals surface area contributed by atoms with Gasteiger partial charge in [0, 0.05) is 13.0 Å². The number of hydrogen-bond donors (Lipinski definition) is 2. The summed E-state index contributed by atoms with van der Waals surface area (Å²) in [5.74, 6) is 0.119. The van der Waals surface area contributed by atoms with Gasteiger partial charge < -0.3 is 20.0 Å². The van der Waals surface area contributed by atoms with E-state index in [1.165, 1.54) is 13.2 Å². The molecule has 0 radical (unpaired) electrons. The van der Waals surface area contributed by atoms with Gasteiger partial charge in [-0.3, -0.25) is 0 Å². The lowest BCUT2D eigenvalue weighted by molar-refractivity contribution is 0.0561. The second-order valence-corrected chi connectivity index (χ2v) is 2.85. The van der Waals surface area contributed by atoms with Crippen molar-refractivity contribution < 1.29 is 19.1 Å². The van der Waals surface area contributed by atoms with E-state index in [1.807, 2.05) is 0 Å². The fourth-order valence-electron chi connectivity index (χ4n) is 1.01. The molecule has 0 aliphatic rings. The number of aliphatic hydroxyl groups excluding tert-OH is 1. The topological polar surface area (TPSA) is 85.7 Å². The van der Waals surface area contributed by atoms with E-state index < -0.39 is 12.1 Å². The van der Waals surface area contributed by atoms with E-state index in [-0.39, 0.29) is 12.3 Å². The Hall–Kier alpha value is -1.33. The lowest BCUT2D eigenvalue weighted by atomic mass is 10.2. The maximum atomic E-state index is 11.0.